The lowest BCUT2D eigenvalue weighted by molar-refractivity contribution is 0.355. The highest BCUT2D eigenvalue weighted by molar-refractivity contribution is 9.10. The Hall–Kier alpha value is -2.13. The van der Waals surface area contributed by atoms with Crippen LogP contribution in [0.4, 0.5) is 5.82 Å². The molecule has 0 spiro atoms. The van der Waals surface area contributed by atoms with Crippen molar-refractivity contribution >= 4 is 21.7 Å². The van der Waals surface area contributed by atoms with E-state index in [0.717, 1.165) is 10.0 Å². The molecule has 6 heteroatoms. The number of anilines is 1. The maximum Gasteiger partial charge on any atom is 0.161 e. The number of ether oxygens (including phenoxy) is 2. The summed E-state index contributed by atoms with van der Waals surface area (Å²) in [5.41, 5.74) is 7.53. The normalized spacial score (nSPS) is 10.1. The van der Waals surface area contributed by atoms with Crippen LogP contribution < -0.4 is 15.2 Å². The molecule has 0 unspecified atom stereocenters. The van der Waals surface area contributed by atoms with Crippen molar-refractivity contribution in [3.8, 4) is 35.1 Å². The van der Waals surface area contributed by atoms with Gasteiger partial charge in [-0.05, 0) is 28.1 Å². The molecule has 104 valence electrons. The molecule has 1 aromatic carbocycles. The van der Waals surface area contributed by atoms with Crippen LogP contribution in [0.25, 0.3) is 11.3 Å². The molecule has 1 aromatic heterocycles. The molecule has 5 nitrogen and oxygen atoms in total. The first-order valence-electron chi connectivity index (χ1n) is 5.78. The van der Waals surface area contributed by atoms with Crippen LogP contribution in [0.2, 0.25) is 0 Å². The number of nitrogen functional groups attached to an aromatic ring is 1. The zero-order chi connectivity index (χ0) is 14.7. The lowest BCUT2D eigenvalue weighted by atomic mass is 10.1. The van der Waals surface area contributed by atoms with E-state index in [0.29, 0.717) is 29.6 Å². The fourth-order valence-corrected chi connectivity index (χ4v) is 2.37. The van der Waals surface area contributed by atoms with Crippen molar-refractivity contribution in [3.05, 3.63) is 22.9 Å². The minimum absolute atomic E-state index is 0.379. The molecule has 0 aliphatic rings. The summed E-state index contributed by atoms with van der Waals surface area (Å²) in [6.45, 7) is 0.379. The standard InChI is InChI=1S/C14H14BrN3O2/c1-4-5-18-8-17-13(14(18)16)9-6-11(19-2)12(20-3)7-10(9)15/h1,6-8H,5,16H2,2-3H3. The molecule has 2 rings (SSSR count). The molecule has 1 heterocycles. The van der Waals surface area contributed by atoms with Gasteiger partial charge in [0.1, 0.15) is 11.5 Å². The quantitative estimate of drug-likeness (QED) is 0.872. The van der Waals surface area contributed by atoms with Crippen LogP contribution in [0.1, 0.15) is 0 Å². The molecular weight excluding hydrogens is 322 g/mol. The summed E-state index contributed by atoms with van der Waals surface area (Å²) in [6, 6.07) is 3.63. The Bertz CT molecular complexity index is 674. The zero-order valence-electron chi connectivity index (χ0n) is 11.2. The highest BCUT2D eigenvalue weighted by atomic mass is 79.9. The van der Waals surface area contributed by atoms with Gasteiger partial charge in [0.15, 0.2) is 11.5 Å². The van der Waals surface area contributed by atoms with Crippen molar-refractivity contribution in [1.82, 2.24) is 9.55 Å². The number of rotatable bonds is 4. The fraction of sp³-hybridized carbons (Fsp3) is 0.214. The van der Waals surface area contributed by atoms with Gasteiger partial charge < -0.3 is 19.8 Å². The Kier molecular flexibility index (Phi) is 4.20. The van der Waals surface area contributed by atoms with E-state index in [2.05, 4.69) is 26.8 Å². The summed E-state index contributed by atoms with van der Waals surface area (Å²) in [4.78, 5) is 4.31. The summed E-state index contributed by atoms with van der Waals surface area (Å²) in [5.74, 6) is 4.28. The van der Waals surface area contributed by atoms with Gasteiger partial charge >= 0.3 is 0 Å². The number of nitrogens with two attached hydrogens (primary N) is 1. The topological polar surface area (TPSA) is 62.3 Å². The van der Waals surface area contributed by atoms with E-state index in [1.165, 1.54) is 0 Å². The van der Waals surface area contributed by atoms with Gasteiger partial charge in [-0.2, -0.15) is 0 Å². The third-order valence-corrected chi connectivity index (χ3v) is 3.52. The van der Waals surface area contributed by atoms with Gasteiger partial charge in [0.05, 0.1) is 27.1 Å². The SMILES string of the molecule is C#CCn1cnc(-c2cc(OC)c(OC)cc2Br)c1N. The Labute approximate surface area is 125 Å². The lowest BCUT2D eigenvalue weighted by Crippen LogP contribution is -2.01. The second kappa shape index (κ2) is 5.88. The number of halogens is 1. The van der Waals surface area contributed by atoms with E-state index < -0.39 is 0 Å². The van der Waals surface area contributed by atoms with Gasteiger partial charge in [0.25, 0.3) is 0 Å². The van der Waals surface area contributed by atoms with Gasteiger partial charge in [-0.15, -0.1) is 6.42 Å². The number of terminal acetylenes is 1. The molecule has 2 aromatic rings. The van der Waals surface area contributed by atoms with Crippen LogP contribution in [0.3, 0.4) is 0 Å². The smallest absolute Gasteiger partial charge is 0.161 e. The van der Waals surface area contributed by atoms with E-state index in [1.807, 2.05) is 12.1 Å². The number of hydrogen-bond acceptors (Lipinski definition) is 4. The number of aromatic nitrogens is 2. The average Bonchev–Trinajstić information content (AvgIpc) is 2.80. The summed E-state index contributed by atoms with van der Waals surface area (Å²) in [5, 5.41) is 0. The van der Waals surface area contributed by atoms with Crippen molar-refractivity contribution in [3.63, 3.8) is 0 Å². The molecular formula is C14H14BrN3O2. The van der Waals surface area contributed by atoms with Gasteiger partial charge in [-0.25, -0.2) is 4.98 Å². The van der Waals surface area contributed by atoms with Gasteiger partial charge in [0, 0.05) is 10.0 Å². The first-order valence-corrected chi connectivity index (χ1v) is 6.57. The van der Waals surface area contributed by atoms with Crippen LogP contribution in [0.5, 0.6) is 11.5 Å². The minimum atomic E-state index is 0.379. The molecule has 0 fully saturated rings. The molecule has 0 bridgehead atoms. The second-order valence-electron chi connectivity index (χ2n) is 4.00. The Morgan fingerprint density at radius 3 is 2.60 bits per heavy atom. The van der Waals surface area contributed by atoms with Crippen LogP contribution in [0, 0.1) is 12.3 Å². The largest absolute Gasteiger partial charge is 0.493 e. The predicted octanol–water partition coefficient (Wildman–Crippen LogP) is 2.55. The van der Waals surface area contributed by atoms with E-state index in [9.17, 15) is 0 Å². The molecule has 0 aliphatic heterocycles. The Morgan fingerprint density at radius 1 is 1.35 bits per heavy atom. The lowest BCUT2D eigenvalue weighted by Gasteiger charge is -2.11. The van der Waals surface area contributed by atoms with Crippen molar-refractivity contribution in [1.29, 1.82) is 0 Å². The van der Waals surface area contributed by atoms with Gasteiger partial charge in [0.2, 0.25) is 0 Å². The summed E-state index contributed by atoms with van der Waals surface area (Å²) < 4.78 is 13.1. The highest BCUT2D eigenvalue weighted by Crippen LogP contribution is 2.39. The first kappa shape index (κ1) is 14.3. The third kappa shape index (κ3) is 2.45. The van der Waals surface area contributed by atoms with Crippen LogP contribution in [-0.2, 0) is 6.54 Å². The highest BCUT2D eigenvalue weighted by Gasteiger charge is 2.16. The number of imidazole rings is 1. The second-order valence-corrected chi connectivity index (χ2v) is 4.85. The molecule has 0 aliphatic carbocycles. The minimum Gasteiger partial charge on any atom is -0.493 e. The molecule has 0 saturated heterocycles. The molecule has 0 amide bonds. The molecule has 0 saturated carbocycles. The third-order valence-electron chi connectivity index (χ3n) is 2.87. The summed E-state index contributed by atoms with van der Waals surface area (Å²) in [7, 11) is 3.16. The number of hydrogen-bond donors (Lipinski definition) is 1. The fourth-order valence-electron chi connectivity index (χ4n) is 1.86. The van der Waals surface area contributed by atoms with E-state index >= 15 is 0 Å². The molecule has 0 radical (unpaired) electrons. The number of nitrogens with zero attached hydrogens (tertiary/aromatic N) is 2. The number of methoxy groups -OCH3 is 2. The van der Waals surface area contributed by atoms with Gasteiger partial charge in [-0.3, -0.25) is 0 Å². The summed E-state index contributed by atoms with van der Waals surface area (Å²) >= 11 is 3.49. The predicted molar refractivity (Wildman–Crippen MR) is 81.7 cm³/mol. The first-order chi connectivity index (χ1) is 9.62. The van der Waals surface area contributed by atoms with Crippen molar-refractivity contribution in [2.75, 3.05) is 20.0 Å². The average molecular weight is 336 g/mol. The number of benzene rings is 1. The van der Waals surface area contributed by atoms with Crippen LogP contribution in [-0.4, -0.2) is 23.8 Å². The van der Waals surface area contributed by atoms with Crippen molar-refractivity contribution in [2.24, 2.45) is 0 Å². The van der Waals surface area contributed by atoms with E-state index in [4.69, 9.17) is 21.6 Å². The van der Waals surface area contributed by atoms with Crippen LogP contribution in [0.15, 0.2) is 22.9 Å². The Balaban J connectivity index is 2.56. The van der Waals surface area contributed by atoms with Crippen molar-refractivity contribution in [2.45, 2.75) is 6.54 Å². The maximum absolute atomic E-state index is 6.06. The zero-order valence-corrected chi connectivity index (χ0v) is 12.8. The van der Waals surface area contributed by atoms with E-state index in [1.54, 1.807) is 25.1 Å². The molecule has 2 N–H and O–H groups in total. The molecule has 0 atom stereocenters. The van der Waals surface area contributed by atoms with Crippen molar-refractivity contribution < 1.29 is 9.47 Å². The maximum atomic E-state index is 6.06. The van der Waals surface area contributed by atoms with Crippen LogP contribution >= 0.6 is 15.9 Å². The summed E-state index contributed by atoms with van der Waals surface area (Å²) in [6.07, 6.45) is 6.91. The monoisotopic (exact) mass is 335 g/mol. The van der Waals surface area contributed by atoms with Gasteiger partial charge in [-0.1, -0.05) is 5.92 Å². The van der Waals surface area contributed by atoms with E-state index in [-0.39, 0.29) is 0 Å². The molecule has 20 heavy (non-hydrogen) atoms. The Morgan fingerprint density at radius 2 is 2.00 bits per heavy atom.